The van der Waals surface area contributed by atoms with E-state index < -0.39 is 0 Å². The van der Waals surface area contributed by atoms with Gasteiger partial charge in [0.25, 0.3) is 0 Å². The molecule has 3 nitrogen and oxygen atoms in total. The number of rotatable bonds is 0. The molecule has 0 aliphatic carbocycles. The fraction of sp³-hybridized carbons (Fsp3) is 0.571. The van der Waals surface area contributed by atoms with Crippen molar-refractivity contribution >= 4 is 11.0 Å². The molecule has 2 heterocycles. The molecule has 0 radical (unpaired) electrons. The van der Waals surface area contributed by atoms with Crippen molar-refractivity contribution in [2.24, 2.45) is 7.05 Å². The van der Waals surface area contributed by atoms with Crippen molar-refractivity contribution in [1.29, 1.82) is 0 Å². The molecular formula is C14H21N3. The highest BCUT2D eigenvalue weighted by Gasteiger charge is 2.22. The van der Waals surface area contributed by atoms with Crippen molar-refractivity contribution < 1.29 is 0 Å². The fourth-order valence-corrected chi connectivity index (χ4v) is 2.44. The van der Waals surface area contributed by atoms with Gasteiger partial charge in [-0.2, -0.15) is 0 Å². The minimum Gasteiger partial charge on any atom is -0.331 e. The zero-order chi connectivity index (χ0) is 13.0. The van der Waals surface area contributed by atoms with Gasteiger partial charge in [0.15, 0.2) is 0 Å². The van der Waals surface area contributed by atoms with Gasteiger partial charge in [-0.05, 0) is 26.3 Å². The first kappa shape index (κ1) is 12.1. The van der Waals surface area contributed by atoms with Crippen molar-refractivity contribution in [3.63, 3.8) is 0 Å². The zero-order valence-corrected chi connectivity index (χ0v) is 11.8. The fourth-order valence-electron chi connectivity index (χ4n) is 2.44. The summed E-state index contributed by atoms with van der Waals surface area (Å²) in [7, 11) is 2.07. The summed E-state index contributed by atoms with van der Waals surface area (Å²) in [5.74, 6) is 1.04. The predicted octanol–water partition coefficient (Wildman–Crippen LogP) is 3.19. The Morgan fingerprint density at radius 1 is 1.00 bits per heavy atom. The SMILES string of the molecule is Cc1nc(C(C)(C)C)c(C)c2c1nc(C)n2C. The molecule has 0 amide bonds. The molecule has 0 unspecified atom stereocenters. The third-order valence-electron chi connectivity index (χ3n) is 3.36. The molecule has 92 valence electrons. The van der Waals surface area contributed by atoms with Crippen LogP contribution in [-0.4, -0.2) is 14.5 Å². The van der Waals surface area contributed by atoms with Crippen LogP contribution in [0.5, 0.6) is 0 Å². The van der Waals surface area contributed by atoms with Crippen LogP contribution in [0.3, 0.4) is 0 Å². The summed E-state index contributed by atoms with van der Waals surface area (Å²) in [6, 6.07) is 0. The quantitative estimate of drug-likeness (QED) is 0.697. The van der Waals surface area contributed by atoms with Crippen LogP contribution in [0.1, 0.15) is 43.5 Å². The van der Waals surface area contributed by atoms with Crippen molar-refractivity contribution in [2.45, 2.75) is 47.0 Å². The first-order valence-electron chi connectivity index (χ1n) is 6.04. The third kappa shape index (κ3) is 1.74. The molecule has 2 aromatic heterocycles. The van der Waals surface area contributed by atoms with Crippen LogP contribution in [0.2, 0.25) is 0 Å². The summed E-state index contributed by atoms with van der Waals surface area (Å²) in [6.07, 6.45) is 0. The van der Waals surface area contributed by atoms with Crippen LogP contribution < -0.4 is 0 Å². The average Bonchev–Trinajstić information content (AvgIpc) is 2.49. The standard InChI is InChI=1S/C14H21N3/c1-8-12-11(16-10(3)17(12)7)9(2)15-13(8)14(4,5)6/h1-7H3. The number of hydrogen-bond acceptors (Lipinski definition) is 2. The van der Waals surface area contributed by atoms with Gasteiger partial charge in [0.05, 0.1) is 16.9 Å². The van der Waals surface area contributed by atoms with E-state index in [4.69, 9.17) is 4.98 Å². The highest BCUT2D eigenvalue weighted by atomic mass is 15.1. The molecular weight excluding hydrogens is 210 g/mol. The average molecular weight is 231 g/mol. The van der Waals surface area contributed by atoms with Crippen LogP contribution in [0.4, 0.5) is 0 Å². The first-order valence-corrected chi connectivity index (χ1v) is 6.04. The van der Waals surface area contributed by atoms with Crippen molar-refractivity contribution in [2.75, 3.05) is 0 Å². The second-order valence-corrected chi connectivity index (χ2v) is 5.84. The van der Waals surface area contributed by atoms with Gasteiger partial charge in [0.2, 0.25) is 0 Å². The smallest absolute Gasteiger partial charge is 0.110 e. The molecule has 0 fully saturated rings. The van der Waals surface area contributed by atoms with Crippen LogP contribution in [0.25, 0.3) is 11.0 Å². The summed E-state index contributed by atoms with van der Waals surface area (Å²) in [4.78, 5) is 9.35. The molecule has 2 aromatic rings. The largest absolute Gasteiger partial charge is 0.331 e. The molecule has 0 N–H and O–H groups in total. The predicted molar refractivity (Wildman–Crippen MR) is 71.4 cm³/mol. The molecule has 0 saturated heterocycles. The van der Waals surface area contributed by atoms with Crippen LogP contribution >= 0.6 is 0 Å². The van der Waals surface area contributed by atoms with Crippen molar-refractivity contribution in [3.8, 4) is 0 Å². The maximum Gasteiger partial charge on any atom is 0.110 e. The minimum absolute atomic E-state index is 0.0706. The monoisotopic (exact) mass is 231 g/mol. The summed E-state index contributed by atoms with van der Waals surface area (Å²) in [6.45, 7) is 12.8. The number of aryl methyl sites for hydroxylation is 4. The highest BCUT2D eigenvalue weighted by molar-refractivity contribution is 5.82. The van der Waals surface area contributed by atoms with Gasteiger partial charge < -0.3 is 4.57 Å². The van der Waals surface area contributed by atoms with Gasteiger partial charge in [0.1, 0.15) is 11.3 Å². The zero-order valence-electron chi connectivity index (χ0n) is 11.8. The summed E-state index contributed by atoms with van der Waals surface area (Å²) >= 11 is 0. The van der Waals surface area contributed by atoms with Crippen LogP contribution in [0, 0.1) is 20.8 Å². The molecule has 2 rings (SSSR count). The van der Waals surface area contributed by atoms with Crippen LogP contribution in [0.15, 0.2) is 0 Å². The van der Waals surface area contributed by atoms with Gasteiger partial charge in [-0.15, -0.1) is 0 Å². The third-order valence-corrected chi connectivity index (χ3v) is 3.36. The van der Waals surface area contributed by atoms with E-state index in [1.54, 1.807) is 0 Å². The van der Waals surface area contributed by atoms with E-state index in [-0.39, 0.29) is 5.41 Å². The number of hydrogen-bond donors (Lipinski definition) is 0. The lowest BCUT2D eigenvalue weighted by molar-refractivity contribution is 0.563. The van der Waals surface area contributed by atoms with E-state index in [0.29, 0.717) is 0 Å². The Bertz CT molecular complexity index is 586. The molecule has 17 heavy (non-hydrogen) atoms. The molecule has 0 aliphatic rings. The molecule has 0 aliphatic heterocycles. The topological polar surface area (TPSA) is 30.7 Å². The normalized spacial score (nSPS) is 12.4. The number of pyridine rings is 1. The summed E-state index contributed by atoms with van der Waals surface area (Å²) in [5.41, 5.74) is 5.78. The highest BCUT2D eigenvalue weighted by Crippen LogP contribution is 2.30. The molecule has 0 saturated carbocycles. The van der Waals surface area contributed by atoms with Gasteiger partial charge in [-0.3, -0.25) is 4.98 Å². The van der Waals surface area contributed by atoms with E-state index in [1.807, 2.05) is 13.8 Å². The molecule has 0 spiro atoms. The Kier molecular flexibility index (Phi) is 2.53. The lowest BCUT2D eigenvalue weighted by atomic mass is 9.88. The number of fused-ring (bicyclic) bond motifs is 1. The first-order chi connectivity index (χ1) is 7.73. The lowest BCUT2D eigenvalue weighted by Gasteiger charge is -2.21. The Morgan fingerprint density at radius 3 is 2.12 bits per heavy atom. The van der Waals surface area contributed by atoms with Gasteiger partial charge in [-0.25, -0.2) is 4.98 Å². The van der Waals surface area contributed by atoms with E-state index in [1.165, 1.54) is 16.8 Å². The Labute approximate surface area is 103 Å². The second-order valence-electron chi connectivity index (χ2n) is 5.84. The maximum atomic E-state index is 4.75. The Hall–Kier alpha value is -1.38. The van der Waals surface area contributed by atoms with Crippen molar-refractivity contribution in [1.82, 2.24) is 14.5 Å². The van der Waals surface area contributed by atoms with Gasteiger partial charge in [-0.1, -0.05) is 20.8 Å². The van der Waals surface area contributed by atoms with Crippen molar-refractivity contribution in [3.05, 3.63) is 22.8 Å². The van der Waals surface area contributed by atoms with Gasteiger partial charge in [0, 0.05) is 12.5 Å². The number of nitrogens with zero attached hydrogens (tertiary/aromatic N) is 3. The molecule has 0 aromatic carbocycles. The number of imidazole rings is 1. The van der Waals surface area contributed by atoms with Gasteiger partial charge >= 0.3 is 0 Å². The molecule has 0 atom stereocenters. The minimum atomic E-state index is 0.0706. The maximum absolute atomic E-state index is 4.75. The van der Waals surface area contributed by atoms with Crippen LogP contribution in [-0.2, 0) is 12.5 Å². The summed E-state index contributed by atoms with van der Waals surface area (Å²) < 4.78 is 2.16. The van der Waals surface area contributed by atoms with E-state index in [0.717, 1.165) is 17.0 Å². The lowest BCUT2D eigenvalue weighted by Crippen LogP contribution is -2.17. The summed E-state index contributed by atoms with van der Waals surface area (Å²) in [5, 5.41) is 0. The van der Waals surface area contributed by atoms with E-state index >= 15 is 0 Å². The Morgan fingerprint density at radius 2 is 1.59 bits per heavy atom. The second kappa shape index (κ2) is 3.56. The number of aromatic nitrogens is 3. The molecule has 0 bridgehead atoms. The van der Waals surface area contributed by atoms with E-state index in [2.05, 4.69) is 44.3 Å². The van der Waals surface area contributed by atoms with E-state index in [9.17, 15) is 0 Å². The molecule has 3 heteroatoms. The Balaban J connectivity index is 2.93.